The molecule has 1 aliphatic carbocycles. The minimum absolute atomic E-state index is 0.156. The van der Waals surface area contributed by atoms with Crippen LogP contribution in [0.2, 0.25) is 0 Å². The van der Waals surface area contributed by atoms with Gasteiger partial charge in [0, 0.05) is 6.04 Å². The van der Waals surface area contributed by atoms with Crippen molar-refractivity contribution in [1.29, 1.82) is 0 Å². The van der Waals surface area contributed by atoms with Crippen molar-refractivity contribution < 1.29 is 4.74 Å². The van der Waals surface area contributed by atoms with Crippen molar-refractivity contribution >= 4 is 0 Å². The standard InChI is InChI=1S/C16H25NO/c1-10-7-13(4)16(15(17)8-10)18-14-6-5-11(2)12(3)9-14/h5-6,9-10,13,15-16H,7-8,17H2,1-4H3. The summed E-state index contributed by atoms with van der Waals surface area (Å²) >= 11 is 0. The third kappa shape index (κ3) is 2.86. The Morgan fingerprint density at radius 3 is 2.44 bits per heavy atom. The van der Waals surface area contributed by atoms with Gasteiger partial charge in [0.15, 0.2) is 0 Å². The van der Waals surface area contributed by atoms with Crippen LogP contribution in [0.15, 0.2) is 18.2 Å². The lowest BCUT2D eigenvalue weighted by atomic mass is 9.78. The van der Waals surface area contributed by atoms with E-state index in [1.165, 1.54) is 17.5 Å². The molecule has 0 bridgehead atoms. The smallest absolute Gasteiger partial charge is 0.120 e. The van der Waals surface area contributed by atoms with Gasteiger partial charge in [-0.1, -0.05) is 19.9 Å². The number of ether oxygens (including phenoxy) is 1. The molecule has 2 N–H and O–H groups in total. The first-order valence-corrected chi connectivity index (χ1v) is 6.97. The molecule has 100 valence electrons. The third-order valence-corrected chi connectivity index (χ3v) is 4.18. The van der Waals surface area contributed by atoms with Crippen molar-refractivity contribution in [3.8, 4) is 5.75 Å². The van der Waals surface area contributed by atoms with Gasteiger partial charge in [0.2, 0.25) is 0 Å². The van der Waals surface area contributed by atoms with Crippen molar-refractivity contribution in [2.24, 2.45) is 17.6 Å². The summed E-state index contributed by atoms with van der Waals surface area (Å²) in [5.41, 5.74) is 8.83. The molecule has 0 amide bonds. The molecule has 1 aromatic rings. The zero-order chi connectivity index (χ0) is 13.3. The normalized spacial score (nSPS) is 32.3. The zero-order valence-corrected chi connectivity index (χ0v) is 11.9. The van der Waals surface area contributed by atoms with E-state index in [2.05, 4.69) is 45.9 Å². The Morgan fingerprint density at radius 1 is 1.11 bits per heavy atom. The van der Waals surface area contributed by atoms with E-state index in [9.17, 15) is 0 Å². The second-order valence-corrected chi connectivity index (χ2v) is 6.05. The van der Waals surface area contributed by atoms with Crippen LogP contribution in [0.1, 0.15) is 37.8 Å². The predicted molar refractivity (Wildman–Crippen MR) is 75.9 cm³/mol. The summed E-state index contributed by atoms with van der Waals surface area (Å²) in [6.45, 7) is 8.77. The molecule has 0 aromatic heterocycles. The summed E-state index contributed by atoms with van der Waals surface area (Å²) < 4.78 is 6.14. The van der Waals surface area contributed by atoms with Gasteiger partial charge in [0.1, 0.15) is 11.9 Å². The molecule has 1 aliphatic rings. The molecule has 0 radical (unpaired) electrons. The van der Waals surface area contributed by atoms with Gasteiger partial charge in [-0.3, -0.25) is 0 Å². The van der Waals surface area contributed by atoms with Crippen LogP contribution in [-0.2, 0) is 0 Å². The van der Waals surface area contributed by atoms with Crippen LogP contribution in [0.4, 0.5) is 0 Å². The fourth-order valence-electron chi connectivity index (χ4n) is 3.03. The molecule has 0 aliphatic heterocycles. The Labute approximate surface area is 111 Å². The van der Waals surface area contributed by atoms with E-state index >= 15 is 0 Å². The SMILES string of the molecule is Cc1ccc(OC2C(C)CC(C)CC2N)cc1C. The Kier molecular flexibility index (Phi) is 3.96. The second-order valence-electron chi connectivity index (χ2n) is 6.05. The van der Waals surface area contributed by atoms with Gasteiger partial charge < -0.3 is 10.5 Å². The summed E-state index contributed by atoms with van der Waals surface area (Å²) in [6, 6.07) is 6.45. The van der Waals surface area contributed by atoms with E-state index in [4.69, 9.17) is 10.5 Å². The maximum Gasteiger partial charge on any atom is 0.120 e. The molecule has 2 heteroatoms. The molecule has 0 saturated heterocycles. The molecule has 18 heavy (non-hydrogen) atoms. The molecule has 1 saturated carbocycles. The van der Waals surface area contributed by atoms with E-state index in [1.54, 1.807) is 0 Å². The number of aryl methyl sites for hydroxylation is 2. The Morgan fingerprint density at radius 2 is 1.83 bits per heavy atom. The average molecular weight is 247 g/mol. The first-order valence-electron chi connectivity index (χ1n) is 6.97. The molecule has 1 fully saturated rings. The van der Waals surface area contributed by atoms with Gasteiger partial charge >= 0.3 is 0 Å². The Bertz CT molecular complexity index is 404. The van der Waals surface area contributed by atoms with Crippen LogP contribution in [0.3, 0.4) is 0 Å². The fraction of sp³-hybridized carbons (Fsp3) is 0.625. The van der Waals surface area contributed by atoms with Crippen LogP contribution in [0.25, 0.3) is 0 Å². The zero-order valence-electron chi connectivity index (χ0n) is 11.9. The molecular weight excluding hydrogens is 222 g/mol. The lowest BCUT2D eigenvalue weighted by molar-refractivity contribution is 0.0626. The molecule has 4 atom stereocenters. The van der Waals surface area contributed by atoms with E-state index in [0.29, 0.717) is 5.92 Å². The first-order chi connectivity index (χ1) is 8.47. The molecular formula is C16H25NO. The summed E-state index contributed by atoms with van der Waals surface area (Å²) in [4.78, 5) is 0. The van der Waals surface area contributed by atoms with Gasteiger partial charge in [-0.25, -0.2) is 0 Å². The van der Waals surface area contributed by atoms with Gasteiger partial charge in [0.25, 0.3) is 0 Å². The van der Waals surface area contributed by atoms with Crippen molar-refractivity contribution in [3.63, 3.8) is 0 Å². The number of benzene rings is 1. The lowest BCUT2D eigenvalue weighted by Gasteiger charge is -2.37. The molecule has 2 rings (SSSR count). The van der Waals surface area contributed by atoms with E-state index in [0.717, 1.165) is 18.1 Å². The monoisotopic (exact) mass is 247 g/mol. The van der Waals surface area contributed by atoms with Crippen LogP contribution in [0.5, 0.6) is 5.75 Å². The fourth-order valence-corrected chi connectivity index (χ4v) is 3.03. The van der Waals surface area contributed by atoms with Crippen molar-refractivity contribution in [3.05, 3.63) is 29.3 Å². The molecule has 4 unspecified atom stereocenters. The highest BCUT2D eigenvalue weighted by Gasteiger charge is 2.33. The maximum atomic E-state index is 6.25. The van der Waals surface area contributed by atoms with E-state index in [-0.39, 0.29) is 12.1 Å². The third-order valence-electron chi connectivity index (χ3n) is 4.18. The average Bonchev–Trinajstić information content (AvgIpc) is 2.28. The van der Waals surface area contributed by atoms with Gasteiger partial charge in [-0.2, -0.15) is 0 Å². The number of hydrogen-bond donors (Lipinski definition) is 1. The van der Waals surface area contributed by atoms with Gasteiger partial charge in [-0.15, -0.1) is 0 Å². The van der Waals surface area contributed by atoms with Gasteiger partial charge in [-0.05, 0) is 61.8 Å². The topological polar surface area (TPSA) is 35.2 Å². The minimum atomic E-state index is 0.156. The summed E-state index contributed by atoms with van der Waals surface area (Å²) in [6.07, 6.45) is 2.44. The quantitative estimate of drug-likeness (QED) is 0.869. The number of rotatable bonds is 2. The van der Waals surface area contributed by atoms with Crippen LogP contribution >= 0.6 is 0 Å². The van der Waals surface area contributed by atoms with E-state index < -0.39 is 0 Å². The summed E-state index contributed by atoms with van der Waals surface area (Å²) in [7, 11) is 0. The van der Waals surface area contributed by atoms with Gasteiger partial charge in [0.05, 0.1) is 0 Å². The van der Waals surface area contributed by atoms with Crippen molar-refractivity contribution in [2.75, 3.05) is 0 Å². The van der Waals surface area contributed by atoms with Crippen LogP contribution in [-0.4, -0.2) is 12.1 Å². The summed E-state index contributed by atoms with van der Waals surface area (Å²) in [5.74, 6) is 2.21. The van der Waals surface area contributed by atoms with E-state index in [1.807, 2.05) is 0 Å². The molecule has 0 spiro atoms. The molecule has 0 heterocycles. The Balaban J connectivity index is 2.10. The highest BCUT2D eigenvalue weighted by molar-refractivity contribution is 5.34. The minimum Gasteiger partial charge on any atom is -0.489 e. The Hall–Kier alpha value is -1.02. The largest absolute Gasteiger partial charge is 0.489 e. The highest BCUT2D eigenvalue weighted by Crippen LogP contribution is 2.31. The second kappa shape index (κ2) is 5.31. The predicted octanol–water partition coefficient (Wildman–Crippen LogP) is 3.44. The highest BCUT2D eigenvalue weighted by atomic mass is 16.5. The molecule has 2 nitrogen and oxygen atoms in total. The number of hydrogen-bond acceptors (Lipinski definition) is 2. The number of nitrogens with two attached hydrogens (primary N) is 1. The lowest BCUT2D eigenvalue weighted by Crippen LogP contribution is -2.48. The summed E-state index contributed by atoms with van der Waals surface area (Å²) in [5, 5.41) is 0. The maximum absolute atomic E-state index is 6.25. The van der Waals surface area contributed by atoms with Crippen molar-refractivity contribution in [1.82, 2.24) is 0 Å². The van der Waals surface area contributed by atoms with Crippen LogP contribution in [0, 0.1) is 25.7 Å². The molecule has 1 aromatic carbocycles. The first kappa shape index (κ1) is 13.4. The van der Waals surface area contributed by atoms with Crippen molar-refractivity contribution in [2.45, 2.75) is 52.7 Å². The van der Waals surface area contributed by atoms with Crippen LogP contribution < -0.4 is 10.5 Å².